The zero-order valence-corrected chi connectivity index (χ0v) is 16.4. The fourth-order valence-electron chi connectivity index (χ4n) is 2.22. The van der Waals surface area contributed by atoms with E-state index >= 15 is 0 Å². The Labute approximate surface area is 165 Å². The molecule has 0 heterocycles. The lowest BCUT2D eigenvalue weighted by atomic mass is 10.2. The highest BCUT2D eigenvalue weighted by Gasteiger charge is 2.09. The van der Waals surface area contributed by atoms with Crippen LogP contribution in [0, 0.1) is 0 Å². The lowest BCUT2D eigenvalue weighted by molar-refractivity contribution is 0.0617. The molecule has 2 rings (SSSR count). The minimum absolute atomic E-state index is 0.202. The Morgan fingerprint density at radius 2 is 1.89 bits per heavy atom. The molecule has 2 aromatic carbocycles. The summed E-state index contributed by atoms with van der Waals surface area (Å²) in [7, 11) is 3.36. The van der Waals surface area contributed by atoms with Gasteiger partial charge in [-0.05, 0) is 42.0 Å². The van der Waals surface area contributed by atoms with Crippen LogP contribution in [0.25, 0.3) is 0 Å². The summed E-state index contributed by atoms with van der Waals surface area (Å²) in [6, 6.07) is 14.5. The molecular weight excluding hydrogens is 368 g/mol. The number of methoxy groups -OCH3 is 1. The predicted molar refractivity (Wildman–Crippen MR) is 107 cm³/mol. The largest absolute Gasteiger partial charge is 0.492 e. The molecule has 2 aromatic rings. The van der Waals surface area contributed by atoms with E-state index in [2.05, 4.69) is 5.32 Å². The van der Waals surface area contributed by atoms with Gasteiger partial charge >= 0.3 is 6.03 Å². The normalized spacial score (nSPS) is 10.5. The molecule has 0 radical (unpaired) electrons. The number of halogens is 1. The smallest absolute Gasteiger partial charge is 0.321 e. The van der Waals surface area contributed by atoms with E-state index in [0.29, 0.717) is 38.0 Å². The second kappa shape index (κ2) is 11.4. The fraction of sp³-hybridized carbons (Fsp3) is 0.350. The molecule has 0 atom stereocenters. The minimum atomic E-state index is -0.202. The third-order valence-electron chi connectivity index (χ3n) is 3.73. The molecule has 146 valence electrons. The lowest BCUT2D eigenvalue weighted by Gasteiger charge is -2.18. The summed E-state index contributed by atoms with van der Waals surface area (Å²) in [4.78, 5) is 13.9. The van der Waals surface area contributed by atoms with Crippen molar-refractivity contribution in [3.05, 3.63) is 59.1 Å². The van der Waals surface area contributed by atoms with Crippen LogP contribution >= 0.6 is 11.6 Å². The van der Waals surface area contributed by atoms with Crippen molar-refractivity contribution in [1.82, 2.24) is 4.90 Å². The van der Waals surface area contributed by atoms with Gasteiger partial charge in [0.25, 0.3) is 0 Å². The quantitative estimate of drug-likeness (QED) is 0.620. The third-order valence-corrected chi connectivity index (χ3v) is 3.99. The van der Waals surface area contributed by atoms with E-state index in [-0.39, 0.29) is 6.03 Å². The van der Waals surface area contributed by atoms with Crippen molar-refractivity contribution < 1.29 is 19.0 Å². The minimum Gasteiger partial charge on any atom is -0.492 e. The van der Waals surface area contributed by atoms with Crippen LogP contribution in [0.4, 0.5) is 10.5 Å². The van der Waals surface area contributed by atoms with E-state index in [0.717, 1.165) is 17.0 Å². The van der Waals surface area contributed by atoms with E-state index < -0.39 is 0 Å². The van der Waals surface area contributed by atoms with Gasteiger partial charge in [0, 0.05) is 24.9 Å². The van der Waals surface area contributed by atoms with E-state index in [4.69, 9.17) is 25.8 Å². The van der Waals surface area contributed by atoms with Crippen molar-refractivity contribution in [2.75, 3.05) is 45.8 Å². The second-order valence-electron chi connectivity index (χ2n) is 5.90. The van der Waals surface area contributed by atoms with Crippen LogP contribution in [0.5, 0.6) is 5.75 Å². The molecule has 0 saturated carbocycles. The molecule has 0 fully saturated rings. The first kappa shape index (κ1) is 21.0. The van der Waals surface area contributed by atoms with Crippen LogP contribution in [0.2, 0.25) is 5.02 Å². The Morgan fingerprint density at radius 1 is 1.11 bits per heavy atom. The summed E-state index contributed by atoms with van der Waals surface area (Å²) in [5.41, 5.74) is 1.70. The Bertz CT molecular complexity index is 709. The molecule has 0 spiro atoms. The van der Waals surface area contributed by atoms with E-state index in [1.54, 1.807) is 43.3 Å². The molecule has 0 aliphatic heterocycles. The molecule has 0 unspecified atom stereocenters. The van der Waals surface area contributed by atoms with E-state index in [1.165, 1.54) is 0 Å². The van der Waals surface area contributed by atoms with Gasteiger partial charge in [-0.3, -0.25) is 0 Å². The van der Waals surface area contributed by atoms with E-state index in [1.807, 2.05) is 24.3 Å². The van der Waals surface area contributed by atoms with E-state index in [9.17, 15) is 4.79 Å². The van der Waals surface area contributed by atoms with Crippen LogP contribution in [0.1, 0.15) is 5.56 Å². The number of hydrogen-bond donors (Lipinski definition) is 1. The molecule has 6 nitrogen and oxygen atoms in total. The molecule has 0 bridgehead atoms. The number of nitrogens with one attached hydrogen (secondary N) is 1. The zero-order chi connectivity index (χ0) is 19.5. The number of amides is 2. The molecule has 2 amide bonds. The Hall–Kier alpha value is -2.28. The van der Waals surface area contributed by atoms with Gasteiger partial charge in [0.15, 0.2) is 0 Å². The van der Waals surface area contributed by atoms with Gasteiger partial charge in [0.05, 0.1) is 26.4 Å². The zero-order valence-electron chi connectivity index (χ0n) is 15.6. The number of ether oxygens (including phenoxy) is 3. The van der Waals surface area contributed by atoms with Crippen LogP contribution in [-0.2, 0) is 16.1 Å². The number of carbonyl (C=O) groups is 1. The Balaban J connectivity index is 1.75. The first-order valence-corrected chi connectivity index (χ1v) is 9.02. The number of anilines is 1. The first-order chi connectivity index (χ1) is 13.1. The van der Waals surface area contributed by atoms with Gasteiger partial charge in [0.1, 0.15) is 12.4 Å². The van der Waals surface area contributed by atoms with Crippen LogP contribution in [0.15, 0.2) is 48.5 Å². The molecule has 1 N–H and O–H groups in total. The van der Waals surface area contributed by atoms with Crippen LogP contribution in [0.3, 0.4) is 0 Å². The van der Waals surface area contributed by atoms with Crippen LogP contribution in [-0.4, -0.2) is 51.5 Å². The molecule has 0 aliphatic carbocycles. The topological polar surface area (TPSA) is 60.0 Å². The molecule has 7 heteroatoms. The third kappa shape index (κ3) is 7.86. The number of carbonyl (C=O) groups excluding carboxylic acids is 1. The Kier molecular flexibility index (Phi) is 8.91. The van der Waals surface area contributed by atoms with Gasteiger partial charge in [-0.1, -0.05) is 23.7 Å². The summed E-state index contributed by atoms with van der Waals surface area (Å²) < 4.78 is 16.0. The summed E-state index contributed by atoms with van der Waals surface area (Å²) in [6.07, 6.45) is 0. The highest BCUT2D eigenvalue weighted by molar-refractivity contribution is 6.30. The molecular formula is C20H25ClN2O4. The van der Waals surface area contributed by atoms with Crippen molar-refractivity contribution >= 4 is 23.3 Å². The number of benzene rings is 2. The monoisotopic (exact) mass is 392 g/mol. The summed E-state index contributed by atoms with van der Waals surface area (Å²) in [6.45, 7) is 2.40. The van der Waals surface area contributed by atoms with Crippen LogP contribution < -0.4 is 10.1 Å². The first-order valence-electron chi connectivity index (χ1n) is 8.64. The molecule has 0 aromatic heterocycles. The van der Waals surface area contributed by atoms with Crippen molar-refractivity contribution in [2.24, 2.45) is 0 Å². The van der Waals surface area contributed by atoms with Gasteiger partial charge < -0.3 is 24.4 Å². The van der Waals surface area contributed by atoms with Crippen molar-refractivity contribution in [2.45, 2.75) is 6.61 Å². The lowest BCUT2D eigenvalue weighted by Crippen LogP contribution is -2.34. The Morgan fingerprint density at radius 3 is 2.63 bits per heavy atom. The van der Waals surface area contributed by atoms with Gasteiger partial charge in [-0.2, -0.15) is 0 Å². The number of rotatable bonds is 10. The predicted octanol–water partition coefficient (Wildman–Crippen LogP) is 4.05. The fourth-order valence-corrected chi connectivity index (χ4v) is 2.35. The number of hydrogen-bond acceptors (Lipinski definition) is 4. The number of nitrogens with zero attached hydrogens (tertiary/aromatic N) is 1. The SMILES string of the molecule is COCCOCc1cccc(NC(=O)N(C)CCOc2ccc(Cl)cc2)c1. The average Bonchev–Trinajstić information content (AvgIpc) is 2.67. The van der Waals surface area contributed by atoms with Crippen molar-refractivity contribution in [3.8, 4) is 5.75 Å². The molecule has 0 aliphatic rings. The molecule has 27 heavy (non-hydrogen) atoms. The summed E-state index contributed by atoms with van der Waals surface area (Å²) in [5, 5.41) is 3.53. The summed E-state index contributed by atoms with van der Waals surface area (Å²) in [5.74, 6) is 0.717. The maximum absolute atomic E-state index is 12.3. The highest BCUT2D eigenvalue weighted by Crippen LogP contribution is 2.15. The summed E-state index contributed by atoms with van der Waals surface area (Å²) >= 11 is 5.84. The van der Waals surface area contributed by atoms with Crippen molar-refractivity contribution in [3.63, 3.8) is 0 Å². The second-order valence-corrected chi connectivity index (χ2v) is 6.34. The molecule has 0 saturated heterocycles. The maximum Gasteiger partial charge on any atom is 0.321 e. The van der Waals surface area contributed by atoms with Gasteiger partial charge in [-0.25, -0.2) is 4.79 Å². The maximum atomic E-state index is 12.3. The average molecular weight is 393 g/mol. The number of urea groups is 1. The van der Waals surface area contributed by atoms with Gasteiger partial charge in [-0.15, -0.1) is 0 Å². The number of likely N-dealkylation sites (N-methyl/N-ethyl adjacent to an activating group) is 1. The van der Waals surface area contributed by atoms with Crippen molar-refractivity contribution in [1.29, 1.82) is 0 Å². The highest BCUT2D eigenvalue weighted by atomic mass is 35.5. The standard InChI is InChI=1S/C20H25ClN2O4/c1-23(10-11-27-19-8-6-17(21)7-9-19)20(24)22-18-5-3-4-16(14-18)15-26-13-12-25-2/h3-9,14H,10-13,15H2,1-2H3,(H,22,24). The van der Waals surface area contributed by atoms with Gasteiger partial charge in [0.2, 0.25) is 0 Å².